The first kappa shape index (κ1) is 17.8. The van der Waals surface area contributed by atoms with Crippen LogP contribution >= 0.6 is 15.9 Å². The lowest BCUT2D eigenvalue weighted by molar-refractivity contribution is -0.0484. The smallest absolute Gasteiger partial charge is 0.124 e. The van der Waals surface area contributed by atoms with Crippen LogP contribution < -0.4 is 0 Å². The molecule has 0 spiro atoms. The maximum absolute atomic E-state index is 6.00. The van der Waals surface area contributed by atoms with Crippen LogP contribution in [0.3, 0.4) is 0 Å². The molecule has 4 heterocycles. The van der Waals surface area contributed by atoms with E-state index in [0.29, 0.717) is 12.5 Å². The molecule has 1 aliphatic heterocycles. The number of aromatic nitrogens is 4. The van der Waals surface area contributed by atoms with Crippen molar-refractivity contribution in [3.8, 4) is 0 Å². The summed E-state index contributed by atoms with van der Waals surface area (Å²) in [7, 11) is 0. The summed E-state index contributed by atoms with van der Waals surface area (Å²) in [6.07, 6.45) is 6.45. The topological polar surface area (TPSA) is 66.0 Å². The second-order valence-corrected chi connectivity index (χ2v) is 8.52. The van der Waals surface area contributed by atoms with Crippen LogP contribution in [0.25, 0.3) is 21.9 Å². The molecule has 3 aromatic heterocycles. The second kappa shape index (κ2) is 6.97. The normalized spacial score (nSPS) is 22.9. The minimum atomic E-state index is 0.214. The van der Waals surface area contributed by atoms with E-state index in [-0.39, 0.29) is 12.2 Å². The van der Waals surface area contributed by atoms with Crippen molar-refractivity contribution in [3.05, 3.63) is 52.7 Å². The molecule has 2 unspecified atom stereocenters. The molecule has 0 amide bonds. The minimum Gasteiger partial charge on any atom is -0.375 e. The van der Waals surface area contributed by atoms with Crippen molar-refractivity contribution in [2.75, 3.05) is 0 Å². The van der Waals surface area contributed by atoms with Crippen molar-refractivity contribution in [2.24, 2.45) is 0 Å². The SMILES string of the molecule is CC1CC(n2c(Cc3ccon3)nc3cnc4ccc(Br)cc4c32)CC(C)O1. The summed E-state index contributed by atoms with van der Waals surface area (Å²) in [5, 5.41) is 5.21. The van der Waals surface area contributed by atoms with Gasteiger partial charge in [0.2, 0.25) is 0 Å². The van der Waals surface area contributed by atoms with Gasteiger partial charge in [0.15, 0.2) is 0 Å². The Hall–Kier alpha value is -2.25. The molecule has 1 saturated heterocycles. The summed E-state index contributed by atoms with van der Waals surface area (Å²) < 4.78 is 14.5. The van der Waals surface area contributed by atoms with Gasteiger partial charge >= 0.3 is 0 Å². The van der Waals surface area contributed by atoms with Crippen molar-refractivity contribution in [2.45, 2.75) is 51.4 Å². The Morgan fingerprint density at radius 2 is 1.96 bits per heavy atom. The van der Waals surface area contributed by atoms with Crippen LogP contribution in [0.15, 0.2) is 45.7 Å². The summed E-state index contributed by atoms with van der Waals surface area (Å²) in [4.78, 5) is 9.58. The van der Waals surface area contributed by atoms with E-state index in [1.165, 1.54) is 0 Å². The molecule has 4 aromatic rings. The number of hydrogen-bond donors (Lipinski definition) is 0. The molecule has 0 aliphatic carbocycles. The van der Waals surface area contributed by atoms with Gasteiger partial charge in [-0.3, -0.25) is 4.98 Å². The van der Waals surface area contributed by atoms with Gasteiger partial charge in [-0.1, -0.05) is 21.1 Å². The fourth-order valence-electron chi connectivity index (χ4n) is 4.39. The number of rotatable bonds is 3. The molecule has 0 bridgehead atoms. The first-order valence-electron chi connectivity index (χ1n) is 9.58. The van der Waals surface area contributed by atoms with Gasteiger partial charge in [-0.25, -0.2) is 4.98 Å². The Kier molecular flexibility index (Phi) is 4.44. The van der Waals surface area contributed by atoms with Crippen molar-refractivity contribution in [1.82, 2.24) is 19.7 Å². The third-order valence-electron chi connectivity index (χ3n) is 5.42. The number of benzene rings is 1. The third-order valence-corrected chi connectivity index (χ3v) is 5.91. The maximum Gasteiger partial charge on any atom is 0.124 e. The highest BCUT2D eigenvalue weighted by Crippen LogP contribution is 2.36. The Bertz CT molecular complexity index is 1130. The molecule has 0 saturated carbocycles. The Labute approximate surface area is 171 Å². The number of ether oxygens (including phenoxy) is 1. The highest BCUT2D eigenvalue weighted by molar-refractivity contribution is 9.10. The van der Waals surface area contributed by atoms with E-state index in [4.69, 9.17) is 14.2 Å². The summed E-state index contributed by atoms with van der Waals surface area (Å²) >= 11 is 3.61. The van der Waals surface area contributed by atoms with Crippen LogP contribution in [-0.4, -0.2) is 31.9 Å². The number of fused-ring (bicyclic) bond motifs is 3. The number of pyridine rings is 1. The van der Waals surface area contributed by atoms with Crippen LogP contribution in [-0.2, 0) is 11.2 Å². The molecule has 2 atom stereocenters. The van der Waals surface area contributed by atoms with Gasteiger partial charge in [-0.15, -0.1) is 0 Å². The molecule has 5 rings (SSSR count). The highest BCUT2D eigenvalue weighted by Gasteiger charge is 2.29. The predicted molar refractivity (Wildman–Crippen MR) is 110 cm³/mol. The van der Waals surface area contributed by atoms with E-state index in [2.05, 4.69) is 50.6 Å². The molecule has 1 aliphatic rings. The van der Waals surface area contributed by atoms with E-state index in [0.717, 1.165) is 50.8 Å². The van der Waals surface area contributed by atoms with Gasteiger partial charge in [-0.2, -0.15) is 0 Å². The van der Waals surface area contributed by atoms with Crippen LogP contribution in [0.4, 0.5) is 0 Å². The number of imidazole rings is 1. The fraction of sp³-hybridized carbons (Fsp3) is 0.381. The van der Waals surface area contributed by atoms with Gasteiger partial charge in [0.05, 0.1) is 41.6 Å². The molecule has 0 N–H and O–H groups in total. The van der Waals surface area contributed by atoms with E-state index in [1.54, 1.807) is 6.26 Å². The number of halogens is 1. The van der Waals surface area contributed by atoms with Crippen LogP contribution in [0.2, 0.25) is 0 Å². The average Bonchev–Trinajstić information content (AvgIpc) is 3.28. The lowest BCUT2D eigenvalue weighted by atomic mass is 9.98. The van der Waals surface area contributed by atoms with Crippen molar-refractivity contribution in [1.29, 1.82) is 0 Å². The molecule has 0 radical (unpaired) electrons. The number of nitrogens with zero attached hydrogens (tertiary/aromatic N) is 4. The molecule has 1 aromatic carbocycles. The van der Waals surface area contributed by atoms with Crippen LogP contribution in [0.1, 0.15) is 44.2 Å². The van der Waals surface area contributed by atoms with Gasteiger partial charge in [0.1, 0.15) is 17.6 Å². The zero-order chi connectivity index (χ0) is 19.3. The third kappa shape index (κ3) is 3.12. The summed E-state index contributed by atoms with van der Waals surface area (Å²) in [6, 6.07) is 8.41. The molecule has 28 heavy (non-hydrogen) atoms. The molecular weight excluding hydrogens is 420 g/mol. The standard InChI is InChI=1S/C21H21BrN4O2/c1-12-7-16(8-13(2)28-12)26-20(10-15-5-6-27-25-15)24-19-11-23-18-4-3-14(22)9-17(18)21(19)26/h3-6,9,11-13,16H,7-8,10H2,1-2H3. The van der Waals surface area contributed by atoms with Gasteiger partial charge in [0.25, 0.3) is 0 Å². The molecular formula is C21H21BrN4O2. The molecule has 6 nitrogen and oxygen atoms in total. The van der Waals surface area contributed by atoms with Crippen molar-refractivity contribution in [3.63, 3.8) is 0 Å². The Morgan fingerprint density at radius 3 is 2.71 bits per heavy atom. The van der Waals surface area contributed by atoms with E-state index < -0.39 is 0 Å². The summed E-state index contributed by atoms with van der Waals surface area (Å²) in [6.45, 7) is 4.30. The zero-order valence-electron chi connectivity index (χ0n) is 15.8. The predicted octanol–water partition coefficient (Wildman–Crippen LogP) is 5.05. The fourth-order valence-corrected chi connectivity index (χ4v) is 4.75. The first-order valence-corrected chi connectivity index (χ1v) is 10.4. The maximum atomic E-state index is 6.00. The van der Waals surface area contributed by atoms with Crippen molar-refractivity contribution >= 4 is 37.9 Å². The second-order valence-electron chi connectivity index (χ2n) is 7.60. The first-order chi connectivity index (χ1) is 13.6. The van der Waals surface area contributed by atoms with E-state index in [1.807, 2.05) is 24.4 Å². The van der Waals surface area contributed by atoms with Gasteiger partial charge in [-0.05, 0) is 44.9 Å². The van der Waals surface area contributed by atoms with E-state index in [9.17, 15) is 0 Å². The van der Waals surface area contributed by atoms with Crippen molar-refractivity contribution < 1.29 is 9.26 Å². The lowest BCUT2D eigenvalue weighted by Crippen LogP contribution is -2.31. The largest absolute Gasteiger partial charge is 0.375 e. The molecule has 144 valence electrons. The number of hydrogen-bond acceptors (Lipinski definition) is 5. The van der Waals surface area contributed by atoms with E-state index >= 15 is 0 Å². The average molecular weight is 441 g/mol. The quantitative estimate of drug-likeness (QED) is 0.445. The lowest BCUT2D eigenvalue weighted by Gasteiger charge is -2.34. The molecule has 7 heteroatoms. The van der Waals surface area contributed by atoms with Crippen LogP contribution in [0.5, 0.6) is 0 Å². The van der Waals surface area contributed by atoms with Crippen LogP contribution in [0, 0.1) is 0 Å². The Morgan fingerprint density at radius 1 is 1.14 bits per heavy atom. The zero-order valence-corrected chi connectivity index (χ0v) is 17.4. The van der Waals surface area contributed by atoms with Gasteiger partial charge < -0.3 is 13.8 Å². The Balaban J connectivity index is 1.76. The monoisotopic (exact) mass is 440 g/mol. The summed E-state index contributed by atoms with van der Waals surface area (Å²) in [5.41, 5.74) is 3.90. The highest BCUT2D eigenvalue weighted by atomic mass is 79.9. The summed E-state index contributed by atoms with van der Waals surface area (Å²) in [5.74, 6) is 0.990. The minimum absolute atomic E-state index is 0.214. The molecule has 1 fully saturated rings. The van der Waals surface area contributed by atoms with Gasteiger partial charge in [0, 0.05) is 22.0 Å².